The van der Waals surface area contributed by atoms with E-state index in [2.05, 4.69) is 29.9 Å². The van der Waals surface area contributed by atoms with Crippen molar-refractivity contribution < 1.29 is 0 Å². The van der Waals surface area contributed by atoms with E-state index in [0.717, 1.165) is 45.6 Å². The van der Waals surface area contributed by atoms with E-state index in [0.29, 0.717) is 9.28 Å². The minimum absolute atomic E-state index is 0.697. The molecule has 0 amide bonds. The highest BCUT2D eigenvalue weighted by atomic mass is 32.1. The van der Waals surface area contributed by atoms with Crippen LogP contribution in [0.2, 0.25) is 0 Å². The molecule has 184 valence electrons. The molecule has 38 heavy (non-hydrogen) atoms. The van der Waals surface area contributed by atoms with Crippen LogP contribution in [-0.4, -0.2) is 29.9 Å². The molecule has 0 bridgehead atoms. The molecule has 6 aromatic heterocycles. The van der Waals surface area contributed by atoms with Crippen LogP contribution in [0.3, 0.4) is 0 Å². The van der Waals surface area contributed by atoms with E-state index in [1.807, 2.05) is 109 Å². The summed E-state index contributed by atoms with van der Waals surface area (Å²) in [6, 6.07) is 34.8. The summed E-state index contributed by atoms with van der Waals surface area (Å²) < 4.78 is 1.39. The number of nitrogens with zero attached hydrogens (tertiary/aromatic N) is 4. The Balaban J connectivity index is 0.000000155. The van der Waals surface area contributed by atoms with Crippen LogP contribution in [-0.2, 0) is 0 Å². The van der Waals surface area contributed by atoms with E-state index in [1.165, 1.54) is 0 Å². The van der Waals surface area contributed by atoms with E-state index in [-0.39, 0.29) is 0 Å². The van der Waals surface area contributed by atoms with Crippen LogP contribution in [0.25, 0.3) is 45.6 Å². The minimum Gasteiger partial charge on any atom is -0.345 e. The summed E-state index contributed by atoms with van der Waals surface area (Å²) in [7, 11) is 0. The van der Waals surface area contributed by atoms with Gasteiger partial charge in [0.05, 0.1) is 45.6 Å². The van der Waals surface area contributed by atoms with E-state index >= 15 is 0 Å². The number of H-pyrrole nitrogens is 2. The van der Waals surface area contributed by atoms with Crippen molar-refractivity contribution in [2.75, 3.05) is 0 Å². The topological polar surface area (TPSA) is 83.1 Å². The molecule has 0 aliphatic rings. The van der Waals surface area contributed by atoms with Gasteiger partial charge >= 0.3 is 0 Å². The quantitative estimate of drug-likeness (QED) is 0.227. The van der Waals surface area contributed by atoms with Gasteiger partial charge in [-0.25, -0.2) is 9.97 Å². The van der Waals surface area contributed by atoms with Crippen LogP contribution in [0.15, 0.2) is 122 Å². The first kappa shape index (κ1) is 25.0. The smallest absolute Gasteiger partial charge is 0.103 e. The van der Waals surface area contributed by atoms with Gasteiger partial charge in [-0.15, -0.1) is 0 Å². The fourth-order valence-electron chi connectivity index (χ4n) is 3.68. The standard InChI is InChI=1S/2C15H11N3S/c2*19-15-9-4-8-14(18-15)13-7-3-6-12(17-13)11-5-1-2-10-16-11/h2*1-10H,(H,18,19). The van der Waals surface area contributed by atoms with Crippen molar-refractivity contribution in [3.8, 4) is 45.6 Å². The van der Waals surface area contributed by atoms with E-state index in [9.17, 15) is 0 Å². The molecular formula is C30H22N6S2. The SMILES string of the molecule is S=c1cccc(-c2cccc(-c3ccccn3)n2)[nH]1.S=c1cccc(-c2cccc(-c3ccccn3)n2)[nH]1. The molecule has 6 rings (SSSR count). The Labute approximate surface area is 230 Å². The molecule has 6 nitrogen and oxygen atoms in total. The minimum atomic E-state index is 0.697. The lowest BCUT2D eigenvalue weighted by Crippen LogP contribution is -1.91. The molecule has 0 saturated heterocycles. The Hall–Kier alpha value is -4.66. The molecule has 0 spiro atoms. The van der Waals surface area contributed by atoms with Crippen LogP contribution in [0, 0.1) is 9.28 Å². The van der Waals surface area contributed by atoms with Gasteiger partial charge in [0.25, 0.3) is 0 Å². The number of rotatable bonds is 4. The molecule has 0 saturated carbocycles. The average Bonchev–Trinajstić information content (AvgIpc) is 2.99. The van der Waals surface area contributed by atoms with E-state index in [4.69, 9.17) is 24.4 Å². The predicted octanol–water partition coefficient (Wildman–Crippen LogP) is 7.74. The Morgan fingerprint density at radius 2 is 0.789 bits per heavy atom. The fraction of sp³-hybridized carbons (Fsp3) is 0. The van der Waals surface area contributed by atoms with Gasteiger partial charge in [-0.2, -0.15) is 0 Å². The summed E-state index contributed by atoms with van der Waals surface area (Å²) in [5, 5.41) is 0. The summed E-state index contributed by atoms with van der Waals surface area (Å²) in [5.74, 6) is 0. The van der Waals surface area contributed by atoms with E-state index in [1.54, 1.807) is 12.4 Å². The summed E-state index contributed by atoms with van der Waals surface area (Å²) >= 11 is 10.3. The van der Waals surface area contributed by atoms with Crippen molar-refractivity contribution in [1.29, 1.82) is 0 Å². The van der Waals surface area contributed by atoms with Gasteiger partial charge < -0.3 is 9.97 Å². The first-order chi connectivity index (χ1) is 18.7. The Kier molecular flexibility index (Phi) is 7.93. The van der Waals surface area contributed by atoms with Crippen LogP contribution in [0.4, 0.5) is 0 Å². The second-order valence-corrected chi connectivity index (χ2v) is 8.98. The number of hydrogen-bond donors (Lipinski definition) is 2. The van der Waals surface area contributed by atoms with E-state index < -0.39 is 0 Å². The lowest BCUT2D eigenvalue weighted by atomic mass is 10.2. The highest BCUT2D eigenvalue weighted by Crippen LogP contribution is 2.20. The third kappa shape index (κ3) is 6.36. The largest absolute Gasteiger partial charge is 0.345 e. The molecule has 0 radical (unpaired) electrons. The zero-order valence-electron chi connectivity index (χ0n) is 20.2. The van der Waals surface area contributed by atoms with Gasteiger partial charge in [-0.3, -0.25) is 9.97 Å². The van der Waals surface area contributed by atoms with Crippen LogP contribution in [0.5, 0.6) is 0 Å². The van der Waals surface area contributed by atoms with Gasteiger partial charge in [0.1, 0.15) is 9.28 Å². The number of nitrogens with one attached hydrogen (secondary N) is 2. The molecule has 0 fully saturated rings. The normalized spacial score (nSPS) is 10.3. The average molecular weight is 531 g/mol. The van der Waals surface area contributed by atoms with Crippen molar-refractivity contribution in [2.45, 2.75) is 0 Å². The summed E-state index contributed by atoms with van der Waals surface area (Å²) in [6.07, 6.45) is 3.53. The Morgan fingerprint density at radius 1 is 0.395 bits per heavy atom. The van der Waals surface area contributed by atoms with Crippen molar-refractivity contribution in [3.63, 3.8) is 0 Å². The molecule has 8 heteroatoms. The maximum atomic E-state index is 5.13. The second-order valence-electron chi connectivity index (χ2n) is 8.10. The molecular weight excluding hydrogens is 509 g/mol. The Bertz CT molecular complexity index is 1630. The molecule has 0 aliphatic carbocycles. The monoisotopic (exact) mass is 530 g/mol. The van der Waals surface area contributed by atoms with Gasteiger partial charge in [-0.1, -0.05) is 60.8 Å². The number of aromatic amines is 2. The number of aromatic nitrogens is 6. The summed E-state index contributed by atoms with van der Waals surface area (Å²) in [4.78, 5) is 24.1. The molecule has 6 heterocycles. The number of hydrogen-bond acceptors (Lipinski definition) is 6. The lowest BCUT2D eigenvalue weighted by molar-refractivity contribution is 1.21. The molecule has 6 aromatic rings. The van der Waals surface area contributed by atoms with Crippen molar-refractivity contribution in [2.24, 2.45) is 0 Å². The molecule has 0 unspecified atom stereocenters. The third-order valence-corrected chi connectivity index (χ3v) is 5.92. The molecule has 0 aromatic carbocycles. The van der Waals surface area contributed by atoms with Crippen molar-refractivity contribution in [3.05, 3.63) is 131 Å². The zero-order valence-corrected chi connectivity index (χ0v) is 21.8. The molecule has 0 aliphatic heterocycles. The zero-order chi connectivity index (χ0) is 26.2. The van der Waals surface area contributed by atoms with Gasteiger partial charge in [0.2, 0.25) is 0 Å². The first-order valence-electron chi connectivity index (χ1n) is 11.8. The van der Waals surface area contributed by atoms with Crippen LogP contribution >= 0.6 is 24.4 Å². The lowest BCUT2D eigenvalue weighted by Gasteiger charge is -2.04. The maximum absolute atomic E-state index is 5.13. The summed E-state index contributed by atoms with van der Waals surface area (Å²) in [5.41, 5.74) is 6.94. The van der Waals surface area contributed by atoms with Crippen molar-refractivity contribution in [1.82, 2.24) is 29.9 Å². The highest BCUT2D eigenvalue weighted by Gasteiger charge is 2.05. The first-order valence-corrected chi connectivity index (χ1v) is 12.6. The van der Waals surface area contributed by atoms with Crippen LogP contribution < -0.4 is 0 Å². The molecule has 2 N–H and O–H groups in total. The second kappa shape index (κ2) is 12.1. The fourth-order valence-corrected chi connectivity index (χ4v) is 4.05. The predicted molar refractivity (Wildman–Crippen MR) is 156 cm³/mol. The maximum Gasteiger partial charge on any atom is 0.103 e. The summed E-state index contributed by atoms with van der Waals surface area (Å²) in [6.45, 7) is 0. The number of pyridine rings is 6. The van der Waals surface area contributed by atoms with Gasteiger partial charge in [0.15, 0.2) is 0 Å². The van der Waals surface area contributed by atoms with Crippen molar-refractivity contribution >= 4 is 24.4 Å². The molecule has 0 atom stereocenters. The highest BCUT2D eigenvalue weighted by molar-refractivity contribution is 7.71. The van der Waals surface area contributed by atoms with Gasteiger partial charge in [-0.05, 0) is 72.8 Å². The van der Waals surface area contributed by atoms with Gasteiger partial charge in [0, 0.05) is 12.4 Å². The third-order valence-electron chi connectivity index (χ3n) is 5.44. The van der Waals surface area contributed by atoms with Crippen LogP contribution in [0.1, 0.15) is 0 Å². The Morgan fingerprint density at radius 3 is 1.18 bits per heavy atom.